The van der Waals surface area contributed by atoms with Crippen molar-refractivity contribution in [2.45, 2.75) is 20.4 Å². The third-order valence-electron chi connectivity index (χ3n) is 3.28. The zero-order chi connectivity index (χ0) is 16.7. The third-order valence-corrected chi connectivity index (χ3v) is 4.40. The summed E-state index contributed by atoms with van der Waals surface area (Å²) in [5, 5.41) is 0.644. The molecule has 0 N–H and O–H groups in total. The summed E-state index contributed by atoms with van der Waals surface area (Å²) in [5.41, 5.74) is 1.13. The molecule has 0 radical (unpaired) electrons. The van der Waals surface area contributed by atoms with Crippen molar-refractivity contribution in [1.29, 1.82) is 0 Å². The minimum atomic E-state index is -0.617. The second-order valence-corrected chi connectivity index (χ2v) is 5.96. The molecule has 23 heavy (non-hydrogen) atoms. The van der Waals surface area contributed by atoms with Crippen molar-refractivity contribution in [3.63, 3.8) is 0 Å². The first-order chi connectivity index (χ1) is 11.2. The van der Waals surface area contributed by atoms with Crippen molar-refractivity contribution < 1.29 is 19.1 Å². The van der Waals surface area contributed by atoms with Crippen LogP contribution in [0.15, 0.2) is 40.9 Å². The second kappa shape index (κ2) is 8.62. The fraction of sp³-hybridized carbons (Fsp3) is 0.412. The van der Waals surface area contributed by atoms with Crippen molar-refractivity contribution >= 4 is 23.7 Å². The first kappa shape index (κ1) is 17.4. The molecule has 1 saturated heterocycles. The summed E-state index contributed by atoms with van der Waals surface area (Å²) in [6, 6.07) is 9.95. The first-order valence-corrected chi connectivity index (χ1v) is 8.66. The van der Waals surface area contributed by atoms with Gasteiger partial charge in [-0.1, -0.05) is 30.3 Å². The summed E-state index contributed by atoms with van der Waals surface area (Å²) in [6.07, 6.45) is 0. The molecule has 2 rings (SSSR count). The molecule has 124 valence electrons. The van der Waals surface area contributed by atoms with Crippen LogP contribution < -0.4 is 0 Å². The lowest BCUT2D eigenvalue weighted by Gasteiger charge is -2.21. The summed E-state index contributed by atoms with van der Waals surface area (Å²) in [6.45, 7) is 5.29. The number of carbonyl (C=O) groups excluding carboxylic acids is 2. The van der Waals surface area contributed by atoms with Crippen LogP contribution in [-0.2, 0) is 25.6 Å². The number of carbonyl (C=O) groups is 2. The van der Waals surface area contributed by atoms with Crippen molar-refractivity contribution in [2.24, 2.45) is 0 Å². The Labute approximate surface area is 140 Å². The number of rotatable bonds is 6. The maximum Gasteiger partial charge on any atom is 0.348 e. The van der Waals surface area contributed by atoms with E-state index in [1.807, 2.05) is 35.2 Å². The van der Waals surface area contributed by atoms with Gasteiger partial charge < -0.3 is 14.4 Å². The van der Waals surface area contributed by atoms with Crippen LogP contribution in [0.1, 0.15) is 19.4 Å². The summed E-state index contributed by atoms with van der Waals surface area (Å²) in [5.74, 6) is -0.411. The zero-order valence-corrected chi connectivity index (χ0v) is 14.2. The summed E-state index contributed by atoms with van der Waals surface area (Å²) in [4.78, 5) is 26.5. The van der Waals surface area contributed by atoms with E-state index in [-0.39, 0.29) is 18.8 Å². The predicted octanol–water partition coefficient (Wildman–Crippen LogP) is 2.57. The van der Waals surface area contributed by atoms with Crippen LogP contribution in [0.5, 0.6) is 0 Å². The molecule has 0 spiro atoms. The molecule has 0 saturated carbocycles. The van der Waals surface area contributed by atoms with Crippen LogP contribution in [0.25, 0.3) is 0 Å². The number of hydrogen-bond donors (Lipinski definition) is 0. The number of ether oxygens (including phenoxy) is 2. The Bertz CT molecular complexity index is 566. The molecule has 1 fully saturated rings. The van der Waals surface area contributed by atoms with Gasteiger partial charge in [0, 0.05) is 18.8 Å². The topological polar surface area (TPSA) is 55.8 Å². The Morgan fingerprint density at radius 3 is 2.26 bits per heavy atom. The van der Waals surface area contributed by atoms with Crippen LogP contribution in [0, 0.1) is 0 Å². The summed E-state index contributed by atoms with van der Waals surface area (Å²) < 4.78 is 10.1. The van der Waals surface area contributed by atoms with Crippen LogP contribution in [-0.4, -0.2) is 42.3 Å². The lowest BCUT2D eigenvalue weighted by atomic mass is 10.2. The molecule has 0 unspecified atom stereocenters. The van der Waals surface area contributed by atoms with Gasteiger partial charge in [0.15, 0.2) is 5.57 Å². The number of esters is 2. The average Bonchev–Trinajstić information content (AvgIpc) is 2.97. The molecule has 6 heteroatoms. The van der Waals surface area contributed by atoms with E-state index in [1.54, 1.807) is 13.8 Å². The molecule has 1 aliphatic heterocycles. The van der Waals surface area contributed by atoms with Gasteiger partial charge in [-0.3, -0.25) is 0 Å². The third kappa shape index (κ3) is 4.51. The van der Waals surface area contributed by atoms with Gasteiger partial charge >= 0.3 is 11.9 Å². The van der Waals surface area contributed by atoms with Crippen LogP contribution in [0.3, 0.4) is 0 Å². The average molecular weight is 335 g/mol. The van der Waals surface area contributed by atoms with Gasteiger partial charge in [-0.25, -0.2) is 9.59 Å². The Morgan fingerprint density at radius 1 is 1.09 bits per heavy atom. The second-order valence-electron chi connectivity index (χ2n) is 4.88. The standard InChI is InChI=1S/C17H21NO4S/c1-3-21-16(19)14(17(20)22-4-2)15-18(10-11-23-15)12-13-8-6-5-7-9-13/h5-9H,3-4,10-12H2,1-2H3. The molecule has 0 aliphatic carbocycles. The van der Waals surface area contributed by atoms with Gasteiger partial charge in [0.1, 0.15) is 0 Å². The molecule has 1 aromatic rings. The van der Waals surface area contributed by atoms with E-state index in [2.05, 4.69) is 0 Å². The highest BCUT2D eigenvalue weighted by Gasteiger charge is 2.32. The first-order valence-electron chi connectivity index (χ1n) is 7.67. The number of thioether (sulfide) groups is 1. The van der Waals surface area contributed by atoms with E-state index < -0.39 is 11.9 Å². The van der Waals surface area contributed by atoms with Crippen LogP contribution in [0.2, 0.25) is 0 Å². The lowest BCUT2D eigenvalue weighted by molar-refractivity contribution is -0.146. The van der Waals surface area contributed by atoms with Gasteiger partial charge in [-0.15, -0.1) is 11.8 Å². The van der Waals surface area contributed by atoms with Gasteiger partial charge in [-0.05, 0) is 19.4 Å². The highest BCUT2D eigenvalue weighted by molar-refractivity contribution is 8.03. The molecule has 1 aromatic carbocycles. The lowest BCUT2D eigenvalue weighted by Crippen LogP contribution is -2.26. The van der Waals surface area contributed by atoms with Crippen molar-refractivity contribution in [1.82, 2.24) is 4.90 Å². The Hall–Kier alpha value is -1.95. The normalized spacial score (nSPS) is 13.8. The molecule has 1 heterocycles. The fourth-order valence-electron chi connectivity index (χ4n) is 2.29. The molecule has 1 aliphatic rings. The maximum atomic E-state index is 12.2. The van der Waals surface area contributed by atoms with E-state index in [9.17, 15) is 9.59 Å². The van der Waals surface area contributed by atoms with Gasteiger partial charge in [0.25, 0.3) is 0 Å². The van der Waals surface area contributed by atoms with E-state index in [0.29, 0.717) is 11.6 Å². The quantitative estimate of drug-likeness (QED) is 0.345. The summed E-state index contributed by atoms with van der Waals surface area (Å²) >= 11 is 1.49. The Kier molecular flexibility index (Phi) is 6.52. The molecule has 0 aromatic heterocycles. The van der Waals surface area contributed by atoms with E-state index in [4.69, 9.17) is 9.47 Å². The van der Waals surface area contributed by atoms with Crippen molar-refractivity contribution in [3.8, 4) is 0 Å². The maximum absolute atomic E-state index is 12.2. The van der Waals surface area contributed by atoms with Gasteiger partial charge in [0.2, 0.25) is 0 Å². The van der Waals surface area contributed by atoms with Crippen molar-refractivity contribution in [2.75, 3.05) is 25.5 Å². The van der Waals surface area contributed by atoms with E-state index in [1.165, 1.54) is 11.8 Å². The monoisotopic (exact) mass is 335 g/mol. The largest absolute Gasteiger partial charge is 0.462 e. The zero-order valence-electron chi connectivity index (χ0n) is 13.4. The Balaban J connectivity index is 2.30. The molecule has 0 bridgehead atoms. The summed E-state index contributed by atoms with van der Waals surface area (Å²) in [7, 11) is 0. The number of nitrogens with zero attached hydrogens (tertiary/aromatic N) is 1. The minimum absolute atomic E-state index is 0.00660. The fourth-order valence-corrected chi connectivity index (χ4v) is 3.45. The molecular weight excluding hydrogens is 314 g/mol. The predicted molar refractivity (Wildman–Crippen MR) is 89.6 cm³/mol. The van der Waals surface area contributed by atoms with Crippen molar-refractivity contribution in [3.05, 3.63) is 46.5 Å². The highest BCUT2D eigenvalue weighted by atomic mass is 32.2. The molecule has 0 amide bonds. The number of hydrogen-bond acceptors (Lipinski definition) is 6. The van der Waals surface area contributed by atoms with Crippen LogP contribution >= 0.6 is 11.8 Å². The smallest absolute Gasteiger partial charge is 0.348 e. The Morgan fingerprint density at radius 2 is 1.70 bits per heavy atom. The highest BCUT2D eigenvalue weighted by Crippen LogP contribution is 2.33. The SMILES string of the molecule is CCOC(=O)C(C(=O)OCC)=C1SCCN1Cc1ccccc1. The van der Waals surface area contributed by atoms with Gasteiger partial charge in [0.05, 0.1) is 18.2 Å². The van der Waals surface area contributed by atoms with E-state index in [0.717, 1.165) is 17.9 Å². The van der Waals surface area contributed by atoms with Crippen LogP contribution in [0.4, 0.5) is 0 Å². The van der Waals surface area contributed by atoms with E-state index >= 15 is 0 Å². The molecule has 0 atom stereocenters. The molecular formula is C17H21NO4S. The minimum Gasteiger partial charge on any atom is -0.462 e. The van der Waals surface area contributed by atoms with Gasteiger partial charge in [-0.2, -0.15) is 0 Å². The molecule has 5 nitrogen and oxygen atoms in total. The number of benzene rings is 1.